The predicted octanol–water partition coefficient (Wildman–Crippen LogP) is 3.03. The van der Waals surface area contributed by atoms with Crippen molar-refractivity contribution in [1.82, 2.24) is 14.5 Å². The second-order valence-corrected chi connectivity index (χ2v) is 5.74. The summed E-state index contributed by atoms with van der Waals surface area (Å²) in [7, 11) is 0. The Morgan fingerprint density at radius 2 is 2.37 bits per heavy atom. The van der Waals surface area contributed by atoms with Crippen LogP contribution in [0.2, 0.25) is 0 Å². The monoisotopic (exact) mass is 305 g/mol. The normalized spacial score (nSPS) is 11.2. The Hall–Kier alpha value is -1.48. The van der Waals surface area contributed by atoms with Crippen LogP contribution in [0.25, 0.3) is 0 Å². The lowest BCUT2D eigenvalue weighted by molar-refractivity contribution is 0.0675. The van der Waals surface area contributed by atoms with Crippen molar-refractivity contribution in [3.8, 4) is 0 Å². The van der Waals surface area contributed by atoms with E-state index < -0.39 is 12.5 Å². The van der Waals surface area contributed by atoms with Gasteiger partial charge in [-0.05, 0) is 6.92 Å². The Morgan fingerprint density at radius 3 is 2.95 bits per heavy atom. The summed E-state index contributed by atoms with van der Waals surface area (Å²) in [6.45, 7) is -1.03. The zero-order valence-electron chi connectivity index (χ0n) is 9.71. The molecule has 0 fully saturated rings. The summed E-state index contributed by atoms with van der Waals surface area (Å²) >= 11 is 2.22. The molecule has 0 saturated heterocycles. The Morgan fingerprint density at radius 1 is 1.63 bits per heavy atom. The van der Waals surface area contributed by atoms with Gasteiger partial charge in [0.25, 0.3) is 0 Å². The number of aromatic nitrogens is 3. The molecular weight excluding hydrogens is 296 g/mol. The number of rotatable bonds is 5. The highest BCUT2D eigenvalue weighted by Gasteiger charge is 2.16. The number of carboxylic acids is 1. The number of hydrogen-bond donors (Lipinski definition) is 1. The molecule has 0 saturated carbocycles. The molecule has 9 heteroatoms. The lowest BCUT2D eigenvalue weighted by atomic mass is 10.4. The molecule has 2 rings (SSSR count). The van der Waals surface area contributed by atoms with Crippen LogP contribution in [0, 0.1) is 6.92 Å². The maximum Gasteiger partial charge on any atom is 0.347 e. The molecular formula is C10H9F2N3O2S2. The topological polar surface area (TPSA) is 68.0 Å². The number of nitrogens with zero attached hydrogens (tertiary/aromatic N) is 3. The quantitative estimate of drug-likeness (QED) is 0.860. The van der Waals surface area contributed by atoms with E-state index in [9.17, 15) is 13.6 Å². The number of carboxylic acid groups (broad SMARTS) is 1. The van der Waals surface area contributed by atoms with Gasteiger partial charge in [0, 0.05) is 12.4 Å². The number of carbonyl (C=O) groups is 1. The van der Waals surface area contributed by atoms with Gasteiger partial charge in [0.1, 0.15) is 10.7 Å². The van der Waals surface area contributed by atoms with Gasteiger partial charge in [-0.3, -0.25) is 4.57 Å². The molecule has 2 aromatic heterocycles. The first-order valence-electron chi connectivity index (χ1n) is 5.12. The highest BCUT2D eigenvalue weighted by Crippen LogP contribution is 2.30. The number of thiazole rings is 1. The molecule has 0 spiro atoms. The standard InChI is InChI=1S/C10H9F2N3O2S2/c1-5-7(8(16)17)19-10(14-5)18-4-6-13-2-3-15(6)9(11)12/h2-3,9H,4H2,1H3,(H,16,17). The molecule has 19 heavy (non-hydrogen) atoms. The average Bonchev–Trinajstić information content (AvgIpc) is 2.92. The van der Waals surface area contributed by atoms with E-state index in [2.05, 4.69) is 9.97 Å². The average molecular weight is 305 g/mol. The molecule has 0 atom stereocenters. The Balaban J connectivity index is 2.08. The Kier molecular flexibility index (Phi) is 4.15. The minimum atomic E-state index is -2.63. The predicted molar refractivity (Wildman–Crippen MR) is 66.9 cm³/mol. The van der Waals surface area contributed by atoms with Gasteiger partial charge < -0.3 is 5.11 Å². The minimum absolute atomic E-state index is 0.166. The first-order valence-corrected chi connectivity index (χ1v) is 6.92. The van der Waals surface area contributed by atoms with E-state index in [1.165, 1.54) is 24.2 Å². The number of aryl methyl sites for hydroxylation is 1. The number of imidazole rings is 1. The third-order valence-electron chi connectivity index (χ3n) is 2.26. The van der Waals surface area contributed by atoms with Gasteiger partial charge in [0.15, 0.2) is 4.34 Å². The van der Waals surface area contributed by atoms with Crippen LogP contribution in [0.1, 0.15) is 27.7 Å². The van der Waals surface area contributed by atoms with Crippen LogP contribution in [0.4, 0.5) is 8.78 Å². The number of alkyl halides is 2. The molecule has 2 heterocycles. The molecule has 2 aromatic rings. The summed E-state index contributed by atoms with van der Waals surface area (Å²) in [5.74, 6) is -0.593. The van der Waals surface area contributed by atoms with E-state index >= 15 is 0 Å². The van der Waals surface area contributed by atoms with Gasteiger partial charge in [-0.15, -0.1) is 11.3 Å². The first kappa shape index (κ1) is 13.9. The van der Waals surface area contributed by atoms with Gasteiger partial charge in [-0.1, -0.05) is 11.8 Å². The summed E-state index contributed by atoms with van der Waals surface area (Å²) in [6.07, 6.45) is 2.51. The molecule has 0 radical (unpaired) electrons. The molecule has 0 unspecified atom stereocenters. The zero-order chi connectivity index (χ0) is 14.0. The molecule has 0 amide bonds. The van der Waals surface area contributed by atoms with Crippen LogP contribution in [0.15, 0.2) is 16.7 Å². The van der Waals surface area contributed by atoms with Crippen molar-refractivity contribution in [1.29, 1.82) is 0 Å². The Bertz CT molecular complexity index is 597. The molecule has 1 N–H and O–H groups in total. The number of thioether (sulfide) groups is 1. The van der Waals surface area contributed by atoms with E-state index in [0.29, 0.717) is 10.0 Å². The van der Waals surface area contributed by atoms with Crippen molar-refractivity contribution in [3.05, 3.63) is 28.8 Å². The van der Waals surface area contributed by atoms with Gasteiger partial charge >= 0.3 is 12.5 Å². The highest BCUT2D eigenvalue weighted by atomic mass is 32.2. The fraction of sp³-hybridized carbons (Fsp3) is 0.300. The van der Waals surface area contributed by atoms with Crippen LogP contribution in [0.3, 0.4) is 0 Å². The first-order chi connectivity index (χ1) is 8.99. The van der Waals surface area contributed by atoms with Crippen molar-refractivity contribution in [2.45, 2.75) is 23.6 Å². The van der Waals surface area contributed by atoms with E-state index in [-0.39, 0.29) is 16.5 Å². The second-order valence-electron chi connectivity index (χ2n) is 3.52. The molecule has 0 aromatic carbocycles. The smallest absolute Gasteiger partial charge is 0.347 e. The van der Waals surface area contributed by atoms with Gasteiger partial charge in [-0.2, -0.15) is 8.78 Å². The number of halogens is 2. The third kappa shape index (κ3) is 3.10. The third-order valence-corrected chi connectivity index (χ3v) is 4.54. The van der Waals surface area contributed by atoms with Crippen LogP contribution >= 0.6 is 23.1 Å². The van der Waals surface area contributed by atoms with E-state index in [4.69, 9.17) is 5.11 Å². The summed E-state index contributed by atoms with van der Waals surface area (Å²) in [5, 5.41) is 8.89. The lowest BCUT2D eigenvalue weighted by Gasteiger charge is -2.04. The van der Waals surface area contributed by atoms with Crippen LogP contribution < -0.4 is 0 Å². The van der Waals surface area contributed by atoms with Crippen molar-refractivity contribution in [2.24, 2.45) is 0 Å². The maximum atomic E-state index is 12.6. The summed E-state index contributed by atoms with van der Waals surface area (Å²) in [6, 6.07) is 0. The maximum absolute atomic E-state index is 12.6. The van der Waals surface area contributed by atoms with Crippen molar-refractivity contribution in [2.75, 3.05) is 0 Å². The van der Waals surface area contributed by atoms with Crippen molar-refractivity contribution < 1.29 is 18.7 Å². The highest BCUT2D eigenvalue weighted by molar-refractivity contribution is 8.00. The molecule has 0 aliphatic heterocycles. The summed E-state index contributed by atoms with van der Waals surface area (Å²) in [5.41, 5.74) is 0.428. The molecule has 0 aliphatic carbocycles. The fourth-order valence-corrected chi connectivity index (χ4v) is 3.37. The summed E-state index contributed by atoms with van der Waals surface area (Å²) < 4.78 is 26.5. The van der Waals surface area contributed by atoms with Crippen LogP contribution in [0.5, 0.6) is 0 Å². The summed E-state index contributed by atoms with van der Waals surface area (Å²) in [4.78, 5) is 18.9. The SMILES string of the molecule is Cc1nc(SCc2nccn2C(F)F)sc1C(=O)O. The van der Waals surface area contributed by atoms with Gasteiger partial charge in [-0.25, -0.2) is 14.8 Å². The van der Waals surface area contributed by atoms with Crippen LogP contribution in [-0.2, 0) is 5.75 Å². The molecule has 0 bridgehead atoms. The van der Waals surface area contributed by atoms with E-state index in [0.717, 1.165) is 15.9 Å². The number of hydrogen-bond acceptors (Lipinski definition) is 5. The lowest BCUT2D eigenvalue weighted by Crippen LogP contribution is -2.01. The molecule has 0 aliphatic rings. The van der Waals surface area contributed by atoms with Crippen molar-refractivity contribution >= 4 is 29.1 Å². The Labute approximate surface area is 115 Å². The second kappa shape index (κ2) is 5.66. The van der Waals surface area contributed by atoms with Gasteiger partial charge in [0.05, 0.1) is 11.4 Å². The van der Waals surface area contributed by atoms with Gasteiger partial charge in [0.2, 0.25) is 0 Å². The largest absolute Gasteiger partial charge is 0.477 e. The zero-order valence-corrected chi connectivity index (χ0v) is 11.3. The van der Waals surface area contributed by atoms with Crippen molar-refractivity contribution in [3.63, 3.8) is 0 Å². The fourth-order valence-electron chi connectivity index (χ4n) is 1.39. The van der Waals surface area contributed by atoms with E-state index in [1.807, 2.05) is 0 Å². The molecule has 102 valence electrons. The number of aromatic carboxylic acids is 1. The molecule has 5 nitrogen and oxygen atoms in total. The van der Waals surface area contributed by atoms with E-state index in [1.54, 1.807) is 6.92 Å². The van der Waals surface area contributed by atoms with Crippen LogP contribution in [-0.4, -0.2) is 25.6 Å². The minimum Gasteiger partial charge on any atom is -0.477 e.